The van der Waals surface area contributed by atoms with Gasteiger partial charge in [-0.2, -0.15) is 0 Å². The van der Waals surface area contributed by atoms with Crippen LogP contribution in [0.25, 0.3) is 0 Å². The zero-order valence-corrected chi connectivity index (χ0v) is 13.4. The van der Waals surface area contributed by atoms with Crippen LogP contribution in [0.3, 0.4) is 0 Å². The maximum atomic E-state index is 5.27. The number of rotatable bonds is 6. The van der Waals surface area contributed by atoms with E-state index in [1.165, 1.54) is 27.8 Å². The summed E-state index contributed by atoms with van der Waals surface area (Å²) in [5.74, 6) is 0. The number of ether oxygens (including phenoxy) is 1. The summed E-state index contributed by atoms with van der Waals surface area (Å²) >= 11 is 0. The van der Waals surface area contributed by atoms with E-state index in [-0.39, 0.29) is 0 Å². The van der Waals surface area contributed by atoms with Gasteiger partial charge in [-0.05, 0) is 43.0 Å². The van der Waals surface area contributed by atoms with Crippen LogP contribution in [0.15, 0.2) is 42.5 Å². The third kappa shape index (κ3) is 4.16. The average Bonchev–Trinajstić information content (AvgIpc) is 2.49. The van der Waals surface area contributed by atoms with Crippen molar-refractivity contribution in [1.82, 2.24) is 5.32 Å². The topological polar surface area (TPSA) is 21.3 Å². The first-order valence-corrected chi connectivity index (χ1v) is 7.48. The molecule has 0 aromatic heterocycles. The fraction of sp³-hybridized carbons (Fsp3) is 0.368. The third-order valence-corrected chi connectivity index (χ3v) is 3.92. The lowest BCUT2D eigenvalue weighted by atomic mass is 9.99. The highest BCUT2D eigenvalue weighted by Crippen LogP contribution is 2.20. The highest BCUT2D eigenvalue weighted by Gasteiger charge is 2.09. The zero-order chi connectivity index (χ0) is 15.2. The van der Waals surface area contributed by atoms with E-state index in [2.05, 4.69) is 68.6 Å². The Hall–Kier alpha value is -1.64. The van der Waals surface area contributed by atoms with Gasteiger partial charge in [0.15, 0.2) is 0 Å². The van der Waals surface area contributed by atoms with Crippen molar-refractivity contribution in [1.29, 1.82) is 0 Å². The van der Waals surface area contributed by atoms with Crippen LogP contribution >= 0.6 is 0 Å². The second kappa shape index (κ2) is 7.39. The van der Waals surface area contributed by atoms with E-state index in [9.17, 15) is 0 Å². The van der Waals surface area contributed by atoms with Gasteiger partial charge in [0.25, 0.3) is 0 Å². The lowest BCUT2D eigenvalue weighted by molar-refractivity contribution is 0.184. The molecule has 1 atom stereocenters. The molecule has 2 heteroatoms. The highest BCUT2D eigenvalue weighted by molar-refractivity contribution is 5.33. The van der Waals surface area contributed by atoms with Gasteiger partial charge in [0, 0.05) is 19.7 Å². The molecule has 2 rings (SSSR count). The van der Waals surface area contributed by atoms with Gasteiger partial charge in [-0.15, -0.1) is 0 Å². The molecule has 0 aliphatic carbocycles. The lowest BCUT2D eigenvalue weighted by Gasteiger charge is -2.18. The van der Waals surface area contributed by atoms with Crippen LogP contribution in [0.1, 0.15) is 40.8 Å². The second-order valence-electron chi connectivity index (χ2n) is 5.66. The van der Waals surface area contributed by atoms with Crippen molar-refractivity contribution in [3.8, 4) is 0 Å². The predicted molar refractivity (Wildman–Crippen MR) is 88.3 cm³/mol. The van der Waals surface area contributed by atoms with Crippen molar-refractivity contribution in [2.75, 3.05) is 7.11 Å². The Morgan fingerprint density at radius 3 is 2.48 bits per heavy atom. The van der Waals surface area contributed by atoms with Crippen LogP contribution in [-0.4, -0.2) is 7.11 Å². The highest BCUT2D eigenvalue weighted by atomic mass is 16.5. The number of methoxy groups -OCH3 is 1. The molecule has 0 heterocycles. The maximum absolute atomic E-state index is 5.27. The van der Waals surface area contributed by atoms with Crippen LogP contribution < -0.4 is 5.32 Å². The van der Waals surface area contributed by atoms with Crippen LogP contribution in [-0.2, 0) is 17.9 Å². The number of hydrogen-bond acceptors (Lipinski definition) is 2. The molecule has 1 unspecified atom stereocenters. The Morgan fingerprint density at radius 2 is 1.76 bits per heavy atom. The van der Waals surface area contributed by atoms with Crippen LogP contribution in [0.4, 0.5) is 0 Å². The average molecular weight is 283 g/mol. The van der Waals surface area contributed by atoms with Gasteiger partial charge in [0.1, 0.15) is 0 Å². The van der Waals surface area contributed by atoms with Crippen molar-refractivity contribution in [2.24, 2.45) is 0 Å². The largest absolute Gasteiger partial charge is 0.380 e. The number of nitrogens with one attached hydrogen (secondary N) is 1. The van der Waals surface area contributed by atoms with Crippen molar-refractivity contribution < 1.29 is 4.74 Å². The molecule has 0 bridgehead atoms. The molecule has 0 aliphatic rings. The maximum Gasteiger partial charge on any atom is 0.0716 e. The smallest absolute Gasteiger partial charge is 0.0716 e. The predicted octanol–water partition coefficient (Wildman–Crippen LogP) is 4.30. The Balaban J connectivity index is 2.07. The van der Waals surface area contributed by atoms with Gasteiger partial charge < -0.3 is 10.1 Å². The first-order chi connectivity index (χ1) is 10.1. The zero-order valence-electron chi connectivity index (χ0n) is 13.4. The monoisotopic (exact) mass is 283 g/mol. The van der Waals surface area contributed by atoms with Crippen molar-refractivity contribution in [3.05, 3.63) is 70.3 Å². The molecule has 21 heavy (non-hydrogen) atoms. The van der Waals surface area contributed by atoms with Crippen molar-refractivity contribution in [3.63, 3.8) is 0 Å². The van der Waals surface area contributed by atoms with Crippen LogP contribution in [0.5, 0.6) is 0 Å². The van der Waals surface area contributed by atoms with E-state index in [1.54, 1.807) is 7.11 Å². The molecule has 0 fully saturated rings. The molecule has 0 aliphatic heterocycles. The van der Waals surface area contributed by atoms with Gasteiger partial charge in [0.2, 0.25) is 0 Å². The van der Waals surface area contributed by atoms with Gasteiger partial charge in [-0.3, -0.25) is 0 Å². The van der Waals surface area contributed by atoms with Crippen LogP contribution in [0.2, 0.25) is 0 Å². The van der Waals surface area contributed by atoms with Crippen LogP contribution in [0, 0.1) is 13.8 Å². The summed E-state index contributed by atoms with van der Waals surface area (Å²) in [5.41, 5.74) is 6.58. The molecule has 1 N–H and O–H groups in total. The summed E-state index contributed by atoms with van der Waals surface area (Å²) in [6.45, 7) is 8.06. The van der Waals surface area contributed by atoms with E-state index >= 15 is 0 Å². The van der Waals surface area contributed by atoms with E-state index in [4.69, 9.17) is 4.74 Å². The molecule has 2 aromatic carbocycles. The minimum Gasteiger partial charge on any atom is -0.380 e. The lowest BCUT2D eigenvalue weighted by Crippen LogP contribution is -2.20. The van der Waals surface area contributed by atoms with Gasteiger partial charge in [-0.1, -0.05) is 48.0 Å². The molecular weight excluding hydrogens is 258 g/mol. The normalized spacial score (nSPS) is 12.4. The first kappa shape index (κ1) is 15.7. The van der Waals surface area contributed by atoms with E-state index in [1.807, 2.05) is 0 Å². The summed E-state index contributed by atoms with van der Waals surface area (Å²) in [7, 11) is 1.74. The Morgan fingerprint density at radius 1 is 1.05 bits per heavy atom. The fourth-order valence-electron chi connectivity index (χ4n) is 2.63. The summed E-state index contributed by atoms with van der Waals surface area (Å²) in [4.78, 5) is 0. The molecular formula is C19H25NO. The molecule has 0 saturated heterocycles. The Bertz CT molecular complexity index is 592. The standard InChI is InChI=1S/C19H25NO/c1-14-9-10-15(2)19(11-14)16(3)20-12-17-7-5-6-8-18(17)13-21-4/h5-11,16,20H,12-13H2,1-4H3. The Labute approximate surface area is 128 Å². The minimum absolute atomic E-state index is 0.334. The summed E-state index contributed by atoms with van der Waals surface area (Å²) in [6.07, 6.45) is 0. The number of hydrogen-bond donors (Lipinski definition) is 1. The Kier molecular flexibility index (Phi) is 5.54. The molecule has 2 nitrogen and oxygen atoms in total. The SMILES string of the molecule is COCc1ccccc1CNC(C)c1cc(C)ccc1C. The van der Waals surface area contributed by atoms with E-state index in [0.717, 1.165) is 6.54 Å². The summed E-state index contributed by atoms with van der Waals surface area (Å²) < 4.78 is 5.27. The van der Waals surface area contributed by atoms with Crippen molar-refractivity contribution >= 4 is 0 Å². The number of aryl methyl sites for hydroxylation is 2. The molecule has 0 saturated carbocycles. The van der Waals surface area contributed by atoms with Gasteiger partial charge in [0.05, 0.1) is 6.61 Å². The first-order valence-electron chi connectivity index (χ1n) is 7.48. The molecule has 0 spiro atoms. The minimum atomic E-state index is 0.334. The van der Waals surface area contributed by atoms with Gasteiger partial charge in [-0.25, -0.2) is 0 Å². The second-order valence-corrected chi connectivity index (χ2v) is 5.66. The van der Waals surface area contributed by atoms with E-state index in [0.29, 0.717) is 12.6 Å². The molecule has 0 radical (unpaired) electrons. The summed E-state index contributed by atoms with van der Waals surface area (Å²) in [5, 5.41) is 3.63. The molecule has 2 aromatic rings. The third-order valence-electron chi connectivity index (χ3n) is 3.92. The quantitative estimate of drug-likeness (QED) is 0.853. The fourth-order valence-corrected chi connectivity index (χ4v) is 2.63. The van der Waals surface area contributed by atoms with E-state index < -0.39 is 0 Å². The molecule has 0 amide bonds. The summed E-state index contributed by atoms with van der Waals surface area (Å²) in [6, 6.07) is 15.4. The van der Waals surface area contributed by atoms with Crippen molar-refractivity contribution in [2.45, 2.75) is 40.0 Å². The number of benzene rings is 2. The molecule has 112 valence electrons. The van der Waals surface area contributed by atoms with Gasteiger partial charge >= 0.3 is 0 Å².